The molecule has 0 heterocycles. The SMILES string of the molecule is CC1CCC(C(C)C)C(OCCC(C)(C)C(N)=NO)C1. The molecule has 0 spiro atoms. The minimum Gasteiger partial charge on any atom is -0.409 e. The minimum absolute atomic E-state index is 0.276. The second-order valence-corrected chi connectivity index (χ2v) is 7.35. The van der Waals surface area contributed by atoms with Crippen molar-refractivity contribution in [3.63, 3.8) is 0 Å². The fourth-order valence-corrected chi connectivity index (χ4v) is 3.04. The summed E-state index contributed by atoms with van der Waals surface area (Å²) in [6.45, 7) is 11.5. The van der Waals surface area contributed by atoms with E-state index in [-0.39, 0.29) is 11.3 Å². The highest BCUT2D eigenvalue weighted by Gasteiger charge is 2.32. The molecule has 0 aromatic carbocycles. The second-order valence-electron chi connectivity index (χ2n) is 7.35. The van der Waals surface area contributed by atoms with E-state index in [1.807, 2.05) is 13.8 Å². The number of rotatable bonds is 6. The Morgan fingerprint density at radius 3 is 2.60 bits per heavy atom. The quantitative estimate of drug-likeness (QED) is 0.339. The predicted molar refractivity (Wildman–Crippen MR) is 82.9 cm³/mol. The van der Waals surface area contributed by atoms with Crippen molar-refractivity contribution >= 4 is 5.84 Å². The first-order valence-electron chi connectivity index (χ1n) is 7.87. The number of amidine groups is 1. The smallest absolute Gasteiger partial charge is 0.144 e. The van der Waals surface area contributed by atoms with Crippen LogP contribution < -0.4 is 5.73 Å². The normalized spacial score (nSPS) is 28.9. The van der Waals surface area contributed by atoms with Gasteiger partial charge < -0.3 is 15.7 Å². The summed E-state index contributed by atoms with van der Waals surface area (Å²) in [4.78, 5) is 0. The molecule has 0 saturated heterocycles. The first-order chi connectivity index (χ1) is 9.27. The molecule has 0 aromatic heterocycles. The number of hydrogen-bond acceptors (Lipinski definition) is 3. The predicted octanol–water partition coefficient (Wildman–Crippen LogP) is 3.63. The van der Waals surface area contributed by atoms with Crippen LogP contribution in [0.1, 0.15) is 60.3 Å². The van der Waals surface area contributed by atoms with Gasteiger partial charge in [-0.25, -0.2) is 0 Å². The van der Waals surface area contributed by atoms with Crippen LogP contribution >= 0.6 is 0 Å². The highest BCUT2D eigenvalue weighted by atomic mass is 16.5. The number of nitrogens with two attached hydrogens (primary N) is 1. The summed E-state index contributed by atoms with van der Waals surface area (Å²) in [5.74, 6) is 2.37. The van der Waals surface area contributed by atoms with Crippen LogP contribution in [0.3, 0.4) is 0 Å². The molecule has 118 valence electrons. The number of ether oxygens (including phenoxy) is 1. The van der Waals surface area contributed by atoms with Crippen molar-refractivity contribution in [2.24, 2.45) is 34.1 Å². The van der Waals surface area contributed by atoms with E-state index in [9.17, 15) is 0 Å². The molecule has 4 nitrogen and oxygen atoms in total. The number of nitrogens with zero attached hydrogens (tertiary/aromatic N) is 1. The third kappa shape index (κ3) is 4.65. The van der Waals surface area contributed by atoms with Crippen molar-refractivity contribution in [2.75, 3.05) is 6.61 Å². The molecular weight excluding hydrogens is 252 g/mol. The Hall–Kier alpha value is -0.770. The van der Waals surface area contributed by atoms with Gasteiger partial charge in [-0.1, -0.05) is 46.2 Å². The Morgan fingerprint density at radius 2 is 2.05 bits per heavy atom. The Morgan fingerprint density at radius 1 is 1.40 bits per heavy atom. The molecule has 20 heavy (non-hydrogen) atoms. The fourth-order valence-electron chi connectivity index (χ4n) is 3.04. The standard InChI is InChI=1S/C16H32N2O2/c1-11(2)13-7-6-12(3)10-14(13)20-9-8-16(4,5)15(17)18-19/h11-14,19H,6-10H2,1-5H3,(H2,17,18). The van der Waals surface area contributed by atoms with Gasteiger partial charge in [0.2, 0.25) is 0 Å². The summed E-state index contributed by atoms with van der Waals surface area (Å²) in [6, 6.07) is 0. The van der Waals surface area contributed by atoms with Crippen molar-refractivity contribution in [3.05, 3.63) is 0 Å². The van der Waals surface area contributed by atoms with E-state index >= 15 is 0 Å². The third-order valence-electron chi connectivity index (χ3n) is 4.82. The Labute approximate surface area is 123 Å². The minimum atomic E-state index is -0.317. The lowest BCUT2D eigenvalue weighted by Crippen LogP contribution is -2.37. The van der Waals surface area contributed by atoms with Crippen LogP contribution in [0.5, 0.6) is 0 Å². The Balaban J connectivity index is 2.50. The first kappa shape index (κ1) is 17.3. The van der Waals surface area contributed by atoms with E-state index in [0.29, 0.717) is 24.5 Å². The number of hydrogen-bond donors (Lipinski definition) is 2. The van der Waals surface area contributed by atoms with Gasteiger partial charge in [-0.05, 0) is 37.0 Å². The van der Waals surface area contributed by atoms with Gasteiger partial charge in [0.25, 0.3) is 0 Å². The van der Waals surface area contributed by atoms with Gasteiger partial charge in [-0.3, -0.25) is 0 Å². The van der Waals surface area contributed by atoms with Crippen LogP contribution in [0.2, 0.25) is 0 Å². The van der Waals surface area contributed by atoms with Crippen molar-refractivity contribution < 1.29 is 9.94 Å². The molecule has 0 aliphatic heterocycles. The Kier molecular flexibility index (Phi) is 6.31. The van der Waals surface area contributed by atoms with Gasteiger partial charge in [0.15, 0.2) is 0 Å². The van der Waals surface area contributed by atoms with Crippen molar-refractivity contribution in [1.82, 2.24) is 0 Å². The highest BCUT2D eigenvalue weighted by Crippen LogP contribution is 2.35. The summed E-state index contributed by atoms with van der Waals surface area (Å²) < 4.78 is 6.17. The zero-order valence-electron chi connectivity index (χ0n) is 13.7. The monoisotopic (exact) mass is 284 g/mol. The van der Waals surface area contributed by atoms with Gasteiger partial charge in [0, 0.05) is 12.0 Å². The number of oxime groups is 1. The van der Waals surface area contributed by atoms with Gasteiger partial charge in [0.05, 0.1) is 6.10 Å². The van der Waals surface area contributed by atoms with Crippen LogP contribution in [0.4, 0.5) is 0 Å². The first-order valence-corrected chi connectivity index (χ1v) is 7.87. The highest BCUT2D eigenvalue weighted by molar-refractivity contribution is 5.85. The lowest BCUT2D eigenvalue weighted by atomic mass is 9.75. The van der Waals surface area contributed by atoms with Crippen LogP contribution in [0.15, 0.2) is 5.16 Å². The van der Waals surface area contributed by atoms with Crippen LogP contribution in [-0.4, -0.2) is 23.8 Å². The maximum absolute atomic E-state index is 8.79. The topological polar surface area (TPSA) is 67.8 Å². The van der Waals surface area contributed by atoms with Crippen molar-refractivity contribution in [2.45, 2.75) is 66.4 Å². The van der Waals surface area contributed by atoms with Gasteiger partial charge in [0.1, 0.15) is 5.84 Å². The lowest BCUT2D eigenvalue weighted by molar-refractivity contribution is -0.0433. The van der Waals surface area contributed by atoms with Crippen molar-refractivity contribution in [1.29, 1.82) is 0 Å². The van der Waals surface area contributed by atoms with E-state index in [2.05, 4.69) is 25.9 Å². The fraction of sp³-hybridized carbons (Fsp3) is 0.938. The summed E-state index contributed by atoms with van der Waals surface area (Å²) in [5, 5.41) is 11.9. The summed E-state index contributed by atoms with van der Waals surface area (Å²) in [5.41, 5.74) is 5.39. The molecule has 3 unspecified atom stereocenters. The van der Waals surface area contributed by atoms with E-state index in [0.717, 1.165) is 18.8 Å². The molecule has 4 heteroatoms. The zero-order valence-corrected chi connectivity index (χ0v) is 13.7. The average Bonchev–Trinajstić information content (AvgIpc) is 2.37. The molecule has 0 radical (unpaired) electrons. The Bertz CT molecular complexity index is 326. The van der Waals surface area contributed by atoms with Gasteiger partial charge in [-0.2, -0.15) is 0 Å². The second kappa shape index (κ2) is 7.30. The molecule has 0 amide bonds. The van der Waals surface area contributed by atoms with Crippen LogP contribution in [-0.2, 0) is 4.74 Å². The summed E-state index contributed by atoms with van der Waals surface area (Å²) in [7, 11) is 0. The molecular formula is C16H32N2O2. The molecule has 0 bridgehead atoms. The maximum atomic E-state index is 8.79. The van der Waals surface area contributed by atoms with Gasteiger partial charge >= 0.3 is 0 Å². The van der Waals surface area contributed by atoms with E-state index < -0.39 is 0 Å². The lowest BCUT2D eigenvalue weighted by Gasteiger charge is -2.37. The third-order valence-corrected chi connectivity index (χ3v) is 4.82. The van der Waals surface area contributed by atoms with Crippen LogP contribution in [0.25, 0.3) is 0 Å². The summed E-state index contributed by atoms with van der Waals surface area (Å²) >= 11 is 0. The molecule has 3 atom stereocenters. The largest absolute Gasteiger partial charge is 0.409 e. The average molecular weight is 284 g/mol. The van der Waals surface area contributed by atoms with E-state index in [4.69, 9.17) is 15.7 Å². The maximum Gasteiger partial charge on any atom is 0.144 e. The van der Waals surface area contributed by atoms with E-state index in [1.54, 1.807) is 0 Å². The summed E-state index contributed by atoms with van der Waals surface area (Å²) in [6.07, 6.45) is 4.89. The molecule has 1 aliphatic rings. The molecule has 3 N–H and O–H groups in total. The van der Waals surface area contributed by atoms with Crippen molar-refractivity contribution in [3.8, 4) is 0 Å². The molecule has 1 aliphatic carbocycles. The van der Waals surface area contributed by atoms with E-state index in [1.165, 1.54) is 12.8 Å². The molecule has 1 saturated carbocycles. The zero-order chi connectivity index (χ0) is 15.3. The van der Waals surface area contributed by atoms with Crippen LogP contribution in [0, 0.1) is 23.2 Å². The molecule has 1 fully saturated rings. The molecule has 0 aromatic rings. The van der Waals surface area contributed by atoms with Gasteiger partial charge in [-0.15, -0.1) is 0 Å². The molecule has 1 rings (SSSR count).